The number of hydrogen-bond acceptors (Lipinski definition) is 4. The molecule has 0 amide bonds. The second kappa shape index (κ2) is 12.9. The molecule has 4 unspecified atom stereocenters. The lowest BCUT2D eigenvalue weighted by atomic mass is 9.83. The Kier molecular flexibility index (Phi) is 12.3. The molecule has 10 heteroatoms. The molecule has 0 aliphatic carbocycles. The molecule has 4 atom stereocenters. The molecule has 0 rings (SSSR count). The molecule has 0 saturated carbocycles. The number of hydrogen-bond donors (Lipinski definition) is 0. The van der Waals surface area contributed by atoms with E-state index in [-0.39, 0.29) is 5.92 Å². The number of carbonyl (C=O) groups is 1. The molecule has 35 heavy (non-hydrogen) atoms. The van der Waals surface area contributed by atoms with Crippen LogP contribution in [0.15, 0.2) is 36.5 Å². The van der Waals surface area contributed by atoms with Crippen LogP contribution >= 0.6 is 0 Å². The lowest BCUT2D eigenvalue weighted by Gasteiger charge is -2.46. The summed E-state index contributed by atoms with van der Waals surface area (Å²) in [5.41, 5.74) is -7.19. The van der Waals surface area contributed by atoms with E-state index >= 15 is 0 Å². The van der Waals surface area contributed by atoms with Crippen LogP contribution in [0.1, 0.15) is 61.8 Å². The van der Waals surface area contributed by atoms with Gasteiger partial charge >= 0.3 is 23.9 Å². The van der Waals surface area contributed by atoms with Crippen LogP contribution in [0.25, 0.3) is 0 Å². The zero-order valence-electron chi connectivity index (χ0n) is 21.6. The van der Waals surface area contributed by atoms with Gasteiger partial charge in [0.25, 0.3) is 0 Å². The maximum absolute atomic E-state index is 14.1. The maximum Gasteiger partial charge on any atom is 0.430 e. The Morgan fingerprint density at radius 2 is 1.51 bits per heavy atom. The van der Waals surface area contributed by atoms with Gasteiger partial charge in [0.15, 0.2) is 5.60 Å². The topological polar surface area (TPSA) is 44.8 Å². The average molecular weight is 517 g/mol. The Bertz CT molecular complexity index is 738. The van der Waals surface area contributed by atoms with Crippen LogP contribution < -0.4 is 0 Å². The van der Waals surface area contributed by atoms with E-state index in [4.69, 9.17) is 9.47 Å². The van der Waals surface area contributed by atoms with Crippen LogP contribution in [-0.4, -0.2) is 42.4 Å². The van der Waals surface area contributed by atoms with Crippen molar-refractivity contribution in [2.24, 2.45) is 17.8 Å². The second-order valence-corrected chi connectivity index (χ2v) is 9.38. The molecule has 0 aliphatic heterocycles. The van der Waals surface area contributed by atoms with Gasteiger partial charge in [-0.2, -0.15) is 26.3 Å². The number of halogens is 6. The molecule has 0 N–H and O–H groups in total. The third kappa shape index (κ3) is 8.66. The molecular weight excluding hydrogens is 478 g/mol. The van der Waals surface area contributed by atoms with Crippen molar-refractivity contribution in [2.45, 2.75) is 91.5 Å². The van der Waals surface area contributed by atoms with E-state index < -0.39 is 54.3 Å². The Morgan fingerprint density at radius 1 is 1.00 bits per heavy atom. The van der Waals surface area contributed by atoms with Crippen molar-refractivity contribution in [3.8, 4) is 0 Å². The Morgan fingerprint density at radius 3 is 1.94 bits per heavy atom. The Labute approximate surface area is 204 Å². The van der Waals surface area contributed by atoms with Crippen LogP contribution in [0.2, 0.25) is 0 Å². The van der Waals surface area contributed by atoms with Gasteiger partial charge in [-0.1, -0.05) is 57.2 Å². The quantitative estimate of drug-likeness (QED) is 0.0833. The number of alkyl halides is 6. The number of rotatable bonds is 13. The molecular formula is C25H38F6O4. The minimum absolute atomic E-state index is 0.236. The van der Waals surface area contributed by atoms with Crippen molar-refractivity contribution in [1.82, 2.24) is 0 Å². The summed E-state index contributed by atoms with van der Waals surface area (Å²) in [6.07, 6.45) is -5.48. The fourth-order valence-corrected chi connectivity index (χ4v) is 3.35. The molecule has 0 spiro atoms. The van der Waals surface area contributed by atoms with Gasteiger partial charge in [-0.15, -0.1) is 0 Å². The van der Waals surface area contributed by atoms with E-state index in [9.17, 15) is 31.1 Å². The predicted molar refractivity (Wildman–Crippen MR) is 122 cm³/mol. The molecule has 0 aromatic carbocycles. The summed E-state index contributed by atoms with van der Waals surface area (Å²) in [5, 5.41) is 0. The van der Waals surface area contributed by atoms with Crippen molar-refractivity contribution in [2.75, 3.05) is 6.79 Å². The first-order chi connectivity index (χ1) is 15.7. The molecule has 0 aromatic heterocycles. The van der Waals surface area contributed by atoms with Crippen molar-refractivity contribution < 1.29 is 45.3 Å². The summed E-state index contributed by atoms with van der Waals surface area (Å²) in [5.74, 6) is -2.91. The third-order valence-corrected chi connectivity index (χ3v) is 5.98. The highest BCUT2D eigenvalue weighted by Crippen LogP contribution is 2.53. The number of esters is 1. The van der Waals surface area contributed by atoms with Gasteiger partial charge in [-0.3, -0.25) is 4.79 Å². The Hall–Kier alpha value is -1.81. The summed E-state index contributed by atoms with van der Waals surface area (Å²) in [6, 6.07) is 0. The monoisotopic (exact) mass is 516 g/mol. The average Bonchev–Trinajstić information content (AvgIpc) is 2.67. The van der Waals surface area contributed by atoms with Crippen LogP contribution in [0.3, 0.4) is 0 Å². The van der Waals surface area contributed by atoms with Crippen LogP contribution in [-0.2, 0) is 19.0 Å². The zero-order chi connectivity index (χ0) is 27.8. The predicted octanol–water partition coefficient (Wildman–Crippen LogP) is 7.56. The highest BCUT2D eigenvalue weighted by Gasteiger charge is 2.80. The van der Waals surface area contributed by atoms with Crippen molar-refractivity contribution in [3.63, 3.8) is 0 Å². The van der Waals surface area contributed by atoms with Gasteiger partial charge in [0, 0.05) is 0 Å². The molecule has 204 valence electrons. The molecule has 0 aromatic rings. The minimum atomic E-state index is -5.98. The van der Waals surface area contributed by atoms with E-state index in [1.807, 2.05) is 0 Å². The summed E-state index contributed by atoms with van der Waals surface area (Å²) >= 11 is 0. The SMILES string of the molecule is C=C(C)/C=C\CC(C)C(C)OCOC(C(F)(F)F)(C(F)(F)F)C(C)(C)OC(=O)C(C)C(C)/C=C\C. The van der Waals surface area contributed by atoms with E-state index in [0.29, 0.717) is 20.3 Å². The van der Waals surface area contributed by atoms with E-state index in [2.05, 4.69) is 11.3 Å². The fraction of sp³-hybridized carbons (Fsp3) is 0.720. The lowest BCUT2D eigenvalue weighted by molar-refractivity contribution is -0.431. The molecule has 0 fully saturated rings. The Balaban J connectivity index is 5.90. The highest BCUT2D eigenvalue weighted by atomic mass is 19.4. The van der Waals surface area contributed by atoms with Crippen LogP contribution in [0.4, 0.5) is 26.3 Å². The zero-order valence-corrected chi connectivity index (χ0v) is 21.6. The molecule has 0 bridgehead atoms. The smallest absolute Gasteiger partial charge is 0.430 e. The third-order valence-electron chi connectivity index (χ3n) is 5.98. The van der Waals surface area contributed by atoms with Gasteiger partial charge in [0.2, 0.25) is 0 Å². The first kappa shape index (κ1) is 33.2. The first-order valence-corrected chi connectivity index (χ1v) is 11.3. The molecule has 0 heterocycles. The van der Waals surface area contributed by atoms with E-state index in [1.54, 1.807) is 52.0 Å². The molecule has 0 aliphatic rings. The largest absolute Gasteiger partial charge is 0.456 e. The minimum Gasteiger partial charge on any atom is -0.456 e. The lowest BCUT2D eigenvalue weighted by Crippen LogP contribution is -2.71. The van der Waals surface area contributed by atoms with Gasteiger partial charge in [0.1, 0.15) is 6.79 Å². The molecule has 0 saturated heterocycles. The van der Waals surface area contributed by atoms with Gasteiger partial charge in [0.05, 0.1) is 12.0 Å². The van der Waals surface area contributed by atoms with Crippen LogP contribution in [0, 0.1) is 17.8 Å². The van der Waals surface area contributed by atoms with Crippen LogP contribution in [0.5, 0.6) is 0 Å². The number of carbonyl (C=O) groups excluding carboxylic acids is 1. The fourth-order valence-electron chi connectivity index (χ4n) is 3.35. The van der Waals surface area contributed by atoms with Crippen molar-refractivity contribution in [1.29, 1.82) is 0 Å². The summed E-state index contributed by atoms with van der Waals surface area (Å²) in [4.78, 5) is 12.5. The van der Waals surface area contributed by atoms with Crippen molar-refractivity contribution >= 4 is 5.97 Å². The van der Waals surface area contributed by atoms with Crippen molar-refractivity contribution in [3.05, 3.63) is 36.5 Å². The number of ether oxygens (including phenoxy) is 3. The summed E-state index contributed by atoms with van der Waals surface area (Å²) in [6.45, 7) is 13.1. The summed E-state index contributed by atoms with van der Waals surface area (Å²) in [7, 11) is 0. The van der Waals surface area contributed by atoms with E-state index in [1.165, 1.54) is 13.8 Å². The normalized spacial score (nSPS) is 17.4. The standard InChI is InChI=1S/C25H38F6O4/c1-10-12-17(4)19(6)21(32)35-22(8,9)23(24(26,27)28,25(29,30)31)34-15-33-20(7)18(5)14-11-13-16(2)3/h10-13,17-20H,2,14-15H2,1,3-9H3/b12-10-,13-11-. The molecule has 0 radical (unpaired) electrons. The number of allylic oxidation sites excluding steroid dienone is 5. The van der Waals surface area contributed by atoms with Gasteiger partial charge < -0.3 is 14.2 Å². The van der Waals surface area contributed by atoms with E-state index in [0.717, 1.165) is 5.57 Å². The summed E-state index contributed by atoms with van der Waals surface area (Å²) < 4.78 is 99.1. The van der Waals surface area contributed by atoms with Gasteiger partial charge in [-0.05, 0) is 52.9 Å². The highest BCUT2D eigenvalue weighted by molar-refractivity contribution is 5.73. The second-order valence-electron chi connectivity index (χ2n) is 9.38. The first-order valence-electron chi connectivity index (χ1n) is 11.3. The van der Waals surface area contributed by atoms with Gasteiger partial charge in [-0.25, -0.2) is 0 Å². The maximum atomic E-state index is 14.1. The molecule has 4 nitrogen and oxygen atoms in total.